The summed E-state index contributed by atoms with van der Waals surface area (Å²) in [7, 11) is 1.55. The molecule has 0 heterocycles. The summed E-state index contributed by atoms with van der Waals surface area (Å²) in [5.41, 5.74) is 0.579. The number of rotatable bonds is 6. The zero-order valence-electron chi connectivity index (χ0n) is 9.96. The van der Waals surface area contributed by atoms with E-state index in [1.807, 2.05) is 6.92 Å². The molecule has 0 bridgehead atoms. The first kappa shape index (κ1) is 14.2. The van der Waals surface area contributed by atoms with E-state index in [0.29, 0.717) is 23.7 Å². The van der Waals surface area contributed by atoms with Gasteiger partial charge in [-0.15, -0.1) is 0 Å². The van der Waals surface area contributed by atoms with Crippen LogP contribution in [0.15, 0.2) is 18.2 Å². The van der Waals surface area contributed by atoms with E-state index in [-0.39, 0.29) is 5.75 Å². The van der Waals surface area contributed by atoms with Crippen LogP contribution in [-0.2, 0) is 0 Å². The van der Waals surface area contributed by atoms with E-state index in [4.69, 9.17) is 9.47 Å². The smallest absolute Gasteiger partial charge is 0.161 e. The molecule has 96 valence electrons. The Bertz CT molecular complexity index is 356. The molecule has 0 aliphatic carbocycles. The van der Waals surface area contributed by atoms with Gasteiger partial charge in [0, 0.05) is 5.75 Å². The second-order valence-corrected chi connectivity index (χ2v) is 3.90. The molecule has 17 heavy (non-hydrogen) atoms. The lowest BCUT2D eigenvalue weighted by Crippen LogP contribution is -2.19. The van der Waals surface area contributed by atoms with Crippen molar-refractivity contribution in [1.82, 2.24) is 0 Å². The maximum Gasteiger partial charge on any atom is 0.161 e. The molecule has 0 spiro atoms. The van der Waals surface area contributed by atoms with Gasteiger partial charge in [-0.1, -0.05) is 6.07 Å². The van der Waals surface area contributed by atoms with Crippen LogP contribution >= 0.6 is 12.6 Å². The van der Waals surface area contributed by atoms with E-state index in [1.54, 1.807) is 25.3 Å². The van der Waals surface area contributed by atoms with Gasteiger partial charge in [0.25, 0.3) is 0 Å². The van der Waals surface area contributed by atoms with Crippen molar-refractivity contribution in [2.24, 2.45) is 0 Å². The summed E-state index contributed by atoms with van der Waals surface area (Å²) in [5, 5.41) is 19.4. The Morgan fingerprint density at radius 1 is 1.29 bits per heavy atom. The molecule has 0 saturated heterocycles. The molecule has 0 amide bonds. The van der Waals surface area contributed by atoms with Crippen LogP contribution in [0.2, 0.25) is 0 Å². The van der Waals surface area contributed by atoms with Crippen LogP contribution in [0.5, 0.6) is 11.5 Å². The van der Waals surface area contributed by atoms with Crippen molar-refractivity contribution in [2.45, 2.75) is 19.1 Å². The molecule has 0 fully saturated rings. The minimum atomic E-state index is -0.974. The Morgan fingerprint density at radius 3 is 2.53 bits per heavy atom. The molecule has 2 N–H and O–H groups in total. The SMILES string of the molecule is CCOc1cc(C(O)C(O)CS)ccc1OC. The van der Waals surface area contributed by atoms with Gasteiger partial charge in [-0.25, -0.2) is 0 Å². The van der Waals surface area contributed by atoms with E-state index >= 15 is 0 Å². The largest absolute Gasteiger partial charge is 0.493 e. The molecule has 1 aromatic rings. The zero-order valence-corrected chi connectivity index (χ0v) is 10.9. The molecule has 0 saturated carbocycles. The van der Waals surface area contributed by atoms with Gasteiger partial charge >= 0.3 is 0 Å². The molecule has 0 radical (unpaired) electrons. The van der Waals surface area contributed by atoms with Crippen molar-refractivity contribution in [3.05, 3.63) is 23.8 Å². The Labute approximate surface area is 107 Å². The molecule has 2 unspecified atom stereocenters. The fourth-order valence-electron chi connectivity index (χ4n) is 1.47. The molecule has 1 rings (SSSR count). The van der Waals surface area contributed by atoms with Crippen LogP contribution < -0.4 is 9.47 Å². The van der Waals surface area contributed by atoms with Crippen LogP contribution in [0.4, 0.5) is 0 Å². The first-order valence-electron chi connectivity index (χ1n) is 5.41. The lowest BCUT2D eigenvalue weighted by atomic mass is 10.0. The van der Waals surface area contributed by atoms with Gasteiger partial charge in [0.05, 0.1) is 19.8 Å². The maximum absolute atomic E-state index is 9.85. The van der Waals surface area contributed by atoms with Crippen molar-refractivity contribution < 1.29 is 19.7 Å². The van der Waals surface area contributed by atoms with E-state index < -0.39 is 12.2 Å². The standard InChI is InChI=1S/C12H18O4S/c1-3-16-11-6-8(4-5-10(11)15-2)12(14)9(13)7-17/h4-6,9,12-14,17H,3,7H2,1-2H3. The van der Waals surface area contributed by atoms with Crippen molar-refractivity contribution in [2.75, 3.05) is 19.5 Å². The third kappa shape index (κ3) is 3.52. The van der Waals surface area contributed by atoms with E-state index in [0.717, 1.165) is 0 Å². The highest BCUT2D eigenvalue weighted by atomic mass is 32.1. The van der Waals surface area contributed by atoms with Crippen LogP contribution in [-0.4, -0.2) is 35.8 Å². The molecular weight excluding hydrogens is 240 g/mol. The van der Waals surface area contributed by atoms with Crippen molar-refractivity contribution >= 4 is 12.6 Å². The third-order valence-electron chi connectivity index (χ3n) is 2.38. The third-order valence-corrected chi connectivity index (χ3v) is 2.75. The van der Waals surface area contributed by atoms with Crippen LogP contribution in [0.3, 0.4) is 0 Å². The summed E-state index contributed by atoms with van der Waals surface area (Å²) in [6, 6.07) is 5.06. The van der Waals surface area contributed by atoms with E-state index in [9.17, 15) is 10.2 Å². The summed E-state index contributed by atoms with van der Waals surface area (Å²) < 4.78 is 10.5. The lowest BCUT2D eigenvalue weighted by Gasteiger charge is -2.18. The number of methoxy groups -OCH3 is 1. The molecule has 5 heteroatoms. The fraction of sp³-hybridized carbons (Fsp3) is 0.500. The van der Waals surface area contributed by atoms with Gasteiger partial charge in [-0.2, -0.15) is 12.6 Å². The highest BCUT2D eigenvalue weighted by Crippen LogP contribution is 2.31. The van der Waals surface area contributed by atoms with Crippen molar-refractivity contribution in [3.63, 3.8) is 0 Å². The second kappa shape index (κ2) is 6.74. The summed E-state index contributed by atoms with van der Waals surface area (Å²) in [5.74, 6) is 1.35. The topological polar surface area (TPSA) is 58.9 Å². The summed E-state index contributed by atoms with van der Waals surface area (Å²) in [6.45, 7) is 2.37. The van der Waals surface area contributed by atoms with Gasteiger partial charge < -0.3 is 19.7 Å². The number of aliphatic hydroxyl groups is 2. The minimum absolute atomic E-state index is 0.192. The molecule has 4 nitrogen and oxygen atoms in total. The highest BCUT2D eigenvalue weighted by Gasteiger charge is 2.18. The predicted molar refractivity (Wildman–Crippen MR) is 69.0 cm³/mol. The summed E-state index contributed by atoms with van der Waals surface area (Å²) in [6.07, 6.45) is -1.88. The fourth-order valence-corrected chi connectivity index (χ4v) is 1.67. The average molecular weight is 258 g/mol. The highest BCUT2D eigenvalue weighted by molar-refractivity contribution is 7.80. The summed E-state index contributed by atoms with van der Waals surface area (Å²) >= 11 is 3.95. The minimum Gasteiger partial charge on any atom is -0.493 e. The number of benzene rings is 1. The number of hydrogen-bond donors (Lipinski definition) is 3. The van der Waals surface area contributed by atoms with Crippen LogP contribution in [0.25, 0.3) is 0 Å². The second-order valence-electron chi connectivity index (χ2n) is 3.54. The lowest BCUT2D eigenvalue weighted by molar-refractivity contribution is 0.0336. The molecule has 0 aliphatic heterocycles. The Morgan fingerprint density at radius 2 is 2.00 bits per heavy atom. The Hall–Kier alpha value is -0.910. The molecule has 0 aliphatic rings. The normalized spacial score (nSPS) is 14.2. The number of aliphatic hydroxyl groups excluding tert-OH is 2. The van der Waals surface area contributed by atoms with Crippen molar-refractivity contribution in [1.29, 1.82) is 0 Å². The first-order chi connectivity index (χ1) is 8.13. The number of hydrogen-bond acceptors (Lipinski definition) is 5. The van der Waals surface area contributed by atoms with E-state index in [1.165, 1.54) is 0 Å². The zero-order chi connectivity index (χ0) is 12.8. The molecule has 1 aromatic carbocycles. The van der Waals surface area contributed by atoms with Gasteiger partial charge in [0.1, 0.15) is 6.10 Å². The summed E-state index contributed by atoms with van der Waals surface area (Å²) in [4.78, 5) is 0. The van der Waals surface area contributed by atoms with Gasteiger partial charge in [0.15, 0.2) is 11.5 Å². The van der Waals surface area contributed by atoms with Crippen LogP contribution in [0, 0.1) is 0 Å². The Kier molecular flexibility index (Phi) is 5.61. The molecule has 2 atom stereocenters. The average Bonchev–Trinajstić information content (AvgIpc) is 2.37. The quantitative estimate of drug-likeness (QED) is 0.675. The maximum atomic E-state index is 9.85. The monoisotopic (exact) mass is 258 g/mol. The Balaban J connectivity index is 2.98. The van der Waals surface area contributed by atoms with E-state index in [2.05, 4.69) is 12.6 Å². The van der Waals surface area contributed by atoms with Crippen molar-refractivity contribution in [3.8, 4) is 11.5 Å². The number of thiol groups is 1. The van der Waals surface area contributed by atoms with Crippen LogP contribution in [0.1, 0.15) is 18.6 Å². The van der Waals surface area contributed by atoms with Gasteiger partial charge in [-0.3, -0.25) is 0 Å². The van der Waals surface area contributed by atoms with Gasteiger partial charge in [-0.05, 0) is 24.6 Å². The van der Waals surface area contributed by atoms with Gasteiger partial charge in [0.2, 0.25) is 0 Å². The number of ether oxygens (including phenoxy) is 2. The predicted octanol–water partition coefficient (Wildman–Crippen LogP) is 1.42. The molecular formula is C12H18O4S. The molecule has 0 aromatic heterocycles. The first-order valence-corrected chi connectivity index (χ1v) is 6.05.